The van der Waals surface area contributed by atoms with Crippen LogP contribution < -0.4 is 0 Å². The van der Waals surface area contributed by atoms with Gasteiger partial charge >= 0.3 is 5.97 Å². The molecule has 2 aromatic heterocycles. The number of aromatic nitrogens is 2. The fourth-order valence-corrected chi connectivity index (χ4v) is 3.18. The molecule has 0 atom stereocenters. The molecule has 0 radical (unpaired) electrons. The number of benzene rings is 1. The molecule has 0 aliphatic rings. The van der Waals surface area contributed by atoms with Crippen LogP contribution in [0.3, 0.4) is 0 Å². The lowest BCUT2D eigenvalue weighted by Gasteiger charge is -2.03. The quantitative estimate of drug-likeness (QED) is 0.489. The van der Waals surface area contributed by atoms with Crippen LogP contribution in [0.4, 0.5) is 0 Å². The third kappa shape index (κ3) is 3.88. The highest BCUT2D eigenvalue weighted by Gasteiger charge is 2.11. The summed E-state index contributed by atoms with van der Waals surface area (Å²) in [6.45, 7) is 0.0831. The molecular weight excluding hydrogens is 355 g/mol. The van der Waals surface area contributed by atoms with Crippen LogP contribution >= 0.6 is 34.5 Å². The van der Waals surface area contributed by atoms with Crippen LogP contribution in [0.5, 0.6) is 0 Å². The van der Waals surface area contributed by atoms with Crippen LogP contribution in [0.2, 0.25) is 10.2 Å². The molecule has 0 saturated heterocycles. The number of thiazole rings is 1. The third-order valence-electron chi connectivity index (χ3n) is 2.97. The van der Waals surface area contributed by atoms with Crippen LogP contribution in [0.25, 0.3) is 10.6 Å². The summed E-state index contributed by atoms with van der Waals surface area (Å²) >= 11 is 13.4. The molecule has 7 heteroatoms. The van der Waals surface area contributed by atoms with Gasteiger partial charge in [0.1, 0.15) is 16.8 Å². The fraction of sp³-hybridized carbons (Fsp3) is 0.0625. The predicted molar refractivity (Wildman–Crippen MR) is 90.9 cm³/mol. The fourth-order valence-electron chi connectivity index (χ4n) is 1.88. The first kappa shape index (κ1) is 15.9. The SMILES string of the molecule is O=C(OCc1csc(-c2ccccc2Cl)n1)c1ccnc(Cl)c1. The van der Waals surface area contributed by atoms with E-state index in [0.29, 0.717) is 16.3 Å². The Bertz CT molecular complexity index is 851. The van der Waals surface area contributed by atoms with Gasteiger partial charge in [-0.2, -0.15) is 0 Å². The second-order valence-electron chi connectivity index (χ2n) is 4.57. The second-order valence-corrected chi connectivity index (χ2v) is 6.22. The molecule has 0 unspecified atom stereocenters. The smallest absolute Gasteiger partial charge is 0.338 e. The maximum Gasteiger partial charge on any atom is 0.338 e. The van der Waals surface area contributed by atoms with E-state index in [1.54, 1.807) is 6.07 Å². The monoisotopic (exact) mass is 364 g/mol. The van der Waals surface area contributed by atoms with Gasteiger partial charge in [-0.25, -0.2) is 14.8 Å². The number of rotatable bonds is 4. The maximum atomic E-state index is 11.9. The molecule has 4 nitrogen and oxygen atoms in total. The Kier molecular flexibility index (Phi) is 4.91. The van der Waals surface area contributed by atoms with Gasteiger partial charge in [-0.1, -0.05) is 41.4 Å². The summed E-state index contributed by atoms with van der Waals surface area (Å²) in [5, 5.41) is 3.51. The molecule has 0 saturated carbocycles. The van der Waals surface area contributed by atoms with E-state index in [9.17, 15) is 4.79 Å². The Morgan fingerprint density at radius 2 is 2.04 bits per heavy atom. The van der Waals surface area contributed by atoms with Crippen LogP contribution in [0.15, 0.2) is 48.0 Å². The first-order chi connectivity index (χ1) is 11.1. The van der Waals surface area contributed by atoms with Crippen LogP contribution in [0.1, 0.15) is 16.1 Å². The van der Waals surface area contributed by atoms with E-state index in [1.807, 2.05) is 29.6 Å². The first-order valence-electron chi connectivity index (χ1n) is 6.61. The van der Waals surface area contributed by atoms with E-state index in [1.165, 1.54) is 23.6 Å². The predicted octanol–water partition coefficient (Wildman–Crippen LogP) is 4.87. The number of carbonyl (C=O) groups is 1. The zero-order valence-corrected chi connectivity index (χ0v) is 14.0. The minimum atomic E-state index is -0.471. The van der Waals surface area contributed by atoms with Gasteiger partial charge in [-0.15, -0.1) is 11.3 Å². The highest BCUT2D eigenvalue weighted by atomic mass is 35.5. The third-order valence-corrected chi connectivity index (χ3v) is 4.43. The van der Waals surface area contributed by atoms with Crippen molar-refractivity contribution in [2.24, 2.45) is 0 Å². The molecule has 0 fully saturated rings. The molecule has 3 rings (SSSR count). The zero-order chi connectivity index (χ0) is 16.2. The summed E-state index contributed by atoms with van der Waals surface area (Å²) in [4.78, 5) is 20.2. The number of ether oxygens (including phenoxy) is 1. The van der Waals surface area contributed by atoms with Gasteiger partial charge in [0.2, 0.25) is 0 Å². The number of pyridine rings is 1. The minimum Gasteiger partial charge on any atom is -0.456 e. The second kappa shape index (κ2) is 7.08. The van der Waals surface area contributed by atoms with E-state index >= 15 is 0 Å². The van der Waals surface area contributed by atoms with Crippen molar-refractivity contribution in [3.63, 3.8) is 0 Å². The maximum absolute atomic E-state index is 11.9. The van der Waals surface area contributed by atoms with E-state index in [4.69, 9.17) is 27.9 Å². The van der Waals surface area contributed by atoms with Crippen molar-refractivity contribution >= 4 is 40.5 Å². The number of esters is 1. The summed E-state index contributed by atoms with van der Waals surface area (Å²) in [6, 6.07) is 10.5. The van der Waals surface area contributed by atoms with Crippen LogP contribution in [-0.4, -0.2) is 15.9 Å². The molecule has 0 spiro atoms. The van der Waals surface area contributed by atoms with Gasteiger partial charge < -0.3 is 4.74 Å². The molecule has 0 N–H and O–H groups in total. The molecule has 3 aromatic rings. The van der Waals surface area contributed by atoms with E-state index in [0.717, 1.165) is 10.6 Å². The Hall–Kier alpha value is -1.95. The Morgan fingerprint density at radius 1 is 1.22 bits per heavy atom. The molecule has 0 aliphatic carbocycles. The van der Waals surface area contributed by atoms with Crippen molar-refractivity contribution in [2.45, 2.75) is 6.61 Å². The standard InChI is InChI=1S/C16H10Cl2N2O2S/c17-13-4-2-1-3-12(13)15-20-11(9-23-15)8-22-16(21)10-5-6-19-14(18)7-10/h1-7,9H,8H2. The van der Waals surface area contributed by atoms with Crippen molar-refractivity contribution < 1.29 is 9.53 Å². The summed E-state index contributed by atoms with van der Waals surface area (Å²) in [5.41, 5.74) is 1.88. The van der Waals surface area contributed by atoms with Crippen LogP contribution in [-0.2, 0) is 11.3 Å². The molecule has 0 aliphatic heterocycles. The lowest BCUT2D eigenvalue weighted by molar-refractivity contribution is 0.0468. The van der Waals surface area contributed by atoms with Crippen molar-refractivity contribution in [1.82, 2.24) is 9.97 Å². The van der Waals surface area contributed by atoms with E-state index < -0.39 is 5.97 Å². The highest BCUT2D eigenvalue weighted by molar-refractivity contribution is 7.13. The summed E-state index contributed by atoms with van der Waals surface area (Å²) in [7, 11) is 0. The van der Waals surface area contributed by atoms with Crippen molar-refractivity contribution in [3.05, 3.63) is 69.4 Å². The molecule has 0 bridgehead atoms. The first-order valence-corrected chi connectivity index (χ1v) is 8.25. The largest absolute Gasteiger partial charge is 0.456 e. The van der Waals surface area contributed by atoms with E-state index in [2.05, 4.69) is 9.97 Å². The number of hydrogen-bond acceptors (Lipinski definition) is 5. The molecule has 116 valence electrons. The van der Waals surface area contributed by atoms with Gasteiger partial charge in [0, 0.05) is 17.1 Å². The lowest BCUT2D eigenvalue weighted by atomic mass is 10.2. The van der Waals surface area contributed by atoms with Gasteiger partial charge in [-0.3, -0.25) is 0 Å². The van der Waals surface area contributed by atoms with Crippen molar-refractivity contribution in [2.75, 3.05) is 0 Å². The summed E-state index contributed by atoms with van der Waals surface area (Å²) in [5.74, 6) is -0.471. The lowest BCUT2D eigenvalue weighted by Crippen LogP contribution is -2.05. The molecular formula is C16H10Cl2N2O2S. The van der Waals surface area contributed by atoms with Gasteiger partial charge in [-0.05, 0) is 18.2 Å². The molecule has 2 heterocycles. The number of carbonyl (C=O) groups excluding carboxylic acids is 1. The zero-order valence-electron chi connectivity index (χ0n) is 11.7. The van der Waals surface area contributed by atoms with Crippen molar-refractivity contribution in [1.29, 1.82) is 0 Å². The highest BCUT2D eigenvalue weighted by Crippen LogP contribution is 2.30. The van der Waals surface area contributed by atoms with Gasteiger partial charge in [0.05, 0.1) is 16.3 Å². The van der Waals surface area contributed by atoms with Gasteiger partial charge in [0.25, 0.3) is 0 Å². The Morgan fingerprint density at radius 3 is 2.83 bits per heavy atom. The van der Waals surface area contributed by atoms with Gasteiger partial charge in [0.15, 0.2) is 0 Å². The Balaban J connectivity index is 1.68. The topological polar surface area (TPSA) is 52.1 Å². The molecule has 23 heavy (non-hydrogen) atoms. The summed E-state index contributed by atoms with van der Waals surface area (Å²) in [6.07, 6.45) is 1.46. The number of hydrogen-bond donors (Lipinski definition) is 0. The average Bonchev–Trinajstić information content (AvgIpc) is 3.02. The Labute approximate surface area is 146 Å². The minimum absolute atomic E-state index is 0.0831. The molecule has 0 amide bonds. The number of halogens is 2. The van der Waals surface area contributed by atoms with Crippen LogP contribution in [0, 0.1) is 0 Å². The number of nitrogens with zero attached hydrogens (tertiary/aromatic N) is 2. The summed E-state index contributed by atoms with van der Waals surface area (Å²) < 4.78 is 5.23. The van der Waals surface area contributed by atoms with Crippen molar-refractivity contribution in [3.8, 4) is 10.6 Å². The molecule has 1 aromatic carbocycles. The average molecular weight is 365 g/mol. The normalized spacial score (nSPS) is 10.5. The van der Waals surface area contributed by atoms with E-state index in [-0.39, 0.29) is 11.8 Å².